The first-order valence-electron chi connectivity index (χ1n) is 3.34. The van der Waals surface area contributed by atoms with E-state index in [1.165, 1.54) is 25.7 Å². The molecule has 0 amide bonds. The topological polar surface area (TPSA) is 26.0 Å². The van der Waals surface area contributed by atoms with Gasteiger partial charge in [-0.05, 0) is 25.7 Å². The van der Waals surface area contributed by atoms with E-state index < -0.39 is 0 Å². The van der Waals surface area contributed by atoms with E-state index in [0.717, 1.165) is 12.1 Å². The minimum absolute atomic E-state index is 1.10. The van der Waals surface area contributed by atoms with Gasteiger partial charge in [0.05, 0.1) is 0 Å². The van der Waals surface area contributed by atoms with E-state index >= 15 is 0 Å². The van der Waals surface area contributed by atoms with Crippen LogP contribution in [0, 0.1) is 0 Å². The Labute approximate surface area is 50.6 Å². The smallest absolute Gasteiger partial charge is 0.00399 e. The lowest BCUT2D eigenvalue weighted by atomic mass is 10.2. The van der Waals surface area contributed by atoms with Gasteiger partial charge in [-0.15, -0.1) is 0 Å². The summed E-state index contributed by atoms with van der Waals surface area (Å²) in [6.45, 7) is 0. The molecule has 0 aromatic rings. The second kappa shape index (κ2) is 2.75. The summed E-state index contributed by atoms with van der Waals surface area (Å²) in [6.07, 6.45) is 8.47. The molecule has 1 aliphatic carbocycles. The average Bonchev–Trinajstić information content (AvgIpc) is 1.94. The summed E-state index contributed by atoms with van der Waals surface area (Å²) in [4.78, 5) is 0. The molecule has 0 aromatic heterocycles. The Morgan fingerprint density at radius 3 is 3.00 bits per heavy atom. The molecule has 0 radical (unpaired) electrons. The summed E-state index contributed by atoms with van der Waals surface area (Å²) >= 11 is 0. The Morgan fingerprint density at radius 2 is 2.12 bits per heavy atom. The highest BCUT2D eigenvalue weighted by molar-refractivity contribution is 4.97. The van der Waals surface area contributed by atoms with Crippen LogP contribution in [0.4, 0.5) is 0 Å². The third kappa shape index (κ3) is 1.57. The monoisotopic (exact) mass is 111 g/mol. The highest BCUT2D eigenvalue weighted by atomic mass is 14.6. The van der Waals surface area contributed by atoms with Crippen LogP contribution in [0.3, 0.4) is 0 Å². The SMILES string of the molecule is NC1=CCCCCC1. The van der Waals surface area contributed by atoms with E-state index in [4.69, 9.17) is 5.73 Å². The van der Waals surface area contributed by atoms with Crippen LogP contribution in [-0.4, -0.2) is 0 Å². The minimum atomic E-state index is 1.10. The molecule has 8 heavy (non-hydrogen) atoms. The lowest BCUT2D eigenvalue weighted by molar-refractivity contribution is 0.709. The quantitative estimate of drug-likeness (QED) is 0.506. The zero-order valence-corrected chi connectivity index (χ0v) is 5.19. The molecular weight excluding hydrogens is 98.1 g/mol. The molecule has 2 N–H and O–H groups in total. The number of nitrogens with two attached hydrogens (primary N) is 1. The molecular formula is C7H13N. The molecule has 0 atom stereocenters. The Balaban J connectivity index is 2.36. The van der Waals surface area contributed by atoms with Crippen molar-refractivity contribution in [2.45, 2.75) is 32.1 Å². The van der Waals surface area contributed by atoms with Crippen LogP contribution < -0.4 is 5.73 Å². The lowest BCUT2D eigenvalue weighted by Crippen LogP contribution is -1.93. The van der Waals surface area contributed by atoms with Gasteiger partial charge in [0.25, 0.3) is 0 Å². The molecule has 1 nitrogen and oxygen atoms in total. The third-order valence-electron chi connectivity index (χ3n) is 1.58. The maximum absolute atomic E-state index is 5.60. The minimum Gasteiger partial charge on any atom is -0.402 e. The van der Waals surface area contributed by atoms with Crippen LogP contribution in [0.15, 0.2) is 11.8 Å². The fourth-order valence-electron chi connectivity index (χ4n) is 1.04. The molecule has 0 aromatic carbocycles. The normalized spacial score (nSPS) is 21.8. The van der Waals surface area contributed by atoms with E-state index in [1.807, 2.05) is 0 Å². The van der Waals surface area contributed by atoms with Gasteiger partial charge in [0.15, 0.2) is 0 Å². The van der Waals surface area contributed by atoms with Crippen molar-refractivity contribution in [3.8, 4) is 0 Å². The van der Waals surface area contributed by atoms with Crippen LogP contribution in [0.2, 0.25) is 0 Å². The maximum atomic E-state index is 5.60. The third-order valence-corrected chi connectivity index (χ3v) is 1.58. The standard InChI is InChI=1S/C7H13N/c8-7-5-3-1-2-4-6-7/h5H,1-4,6,8H2. The van der Waals surface area contributed by atoms with Crippen LogP contribution in [-0.2, 0) is 0 Å². The second-order valence-corrected chi connectivity index (χ2v) is 2.38. The molecule has 0 fully saturated rings. The van der Waals surface area contributed by atoms with E-state index in [-0.39, 0.29) is 0 Å². The van der Waals surface area contributed by atoms with Gasteiger partial charge in [0.2, 0.25) is 0 Å². The van der Waals surface area contributed by atoms with Crippen molar-refractivity contribution in [1.82, 2.24) is 0 Å². The molecule has 0 unspecified atom stereocenters. The van der Waals surface area contributed by atoms with Crippen molar-refractivity contribution >= 4 is 0 Å². The molecule has 0 aliphatic heterocycles. The van der Waals surface area contributed by atoms with E-state index in [9.17, 15) is 0 Å². The average molecular weight is 111 g/mol. The zero-order valence-electron chi connectivity index (χ0n) is 5.19. The predicted octanol–water partition coefficient (Wildman–Crippen LogP) is 1.79. The fourth-order valence-corrected chi connectivity index (χ4v) is 1.04. The van der Waals surface area contributed by atoms with Crippen LogP contribution in [0.25, 0.3) is 0 Å². The first-order chi connectivity index (χ1) is 3.89. The molecule has 0 spiro atoms. The van der Waals surface area contributed by atoms with Crippen molar-refractivity contribution < 1.29 is 0 Å². The summed E-state index contributed by atoms with van der Waals surface area (Å²) in [6, 6.07) is 0. The summed E-state index contributed by atoms with van der Waals surface area (Å²) in [7, 11) is 0. The van der Waals surface area contributed by atoms with Crippen molar-refractivity contribution in [2.24, 2.45) is 5.73 Å². The van der Waals surface area contributed by atoms with E-state index in [1.54, 1.807) is 0 Å². The number of allylic oxidation sites excluding steroid dienone is 2. The predicted molar refractivity (Wildman–Crippen MR) is 35.4 cm³/mol. The Hall–Kier alpha value is -0.460. The van der Waals surface area contributed by atoms with Gasteiger partial charge in [-0.1, -0.05) is 12.5 Å². The van der Waals surface area contributed by atoms with Crippen LogP contribution in [0.5, 0.6) is 0 Å². The van der Waals surface area contributed by atoms with Gasteiger partial charge in [-0.2, -0.15) is 0 Å². The van der Waals surface area contributed by atoms with Crippen molar-refractivity contribution in [1.29, 1.82) is 0 Å². The van der Waals surface area contributed by atoms with Crippen LogP contribution >= 0.6 is 0 Å². The summed E-state index contributed by atoms with van der Waals surface area (Å²) in [5.41, 5.74) is 6.70. The van der Waals surface area contributed by atoms with E-state index in [2.05, 4.69) is 6.08 Å². The van der Waals surface area contributed by atoms with Crippen molar-refractivity contribution in [3.63, 3.8) is 0 Å². The molecule has 1 rings (SSSR count). The number of hydrogen-bond acceptors (Lipinski definition) is 1. The molecule has 46 valence electrons. The van der Waals surface area contributed by atoms with Gasteiger partial charge >= 0.3 is 0 Å². The Bertz CT molecular complexity index is 94.6. The molecule has 0 bridgehead atoms. The maximum Gasteiger partial charge on any atom is 0.00399 e. The number of rotatable bonds is 0. The van der Waals surface area contributed by atoms with Gasteiger partial charge in [0, 0.05) is 5.70 Å². The highest BCUT2D eigenvalue weighted by Gasteiger charge is 1.96. The Kier molecular flexibility index (Phi) is 1.95. The molecule has 0 heterocycles. The largest absolute Gasteiger partial charge is 0.402 e. The first kappa shape index (κ1) is 5.67. The van der Waals surface area contributed by atoms with Gasteiger partial charge in [-0.3, -0.25) is 0 Å². The van der Waals surface area contributed by atoms with Crippen molar-refractivity contribution in [3.05, 3.63) is 11.8 Å². The van der Waals surface area contributed by atoms with Gasteiger partial charge in [0.1, 0.15) is 0 Å². The molecule has 1 heteroatoms. The Morgan fingerprint density at radius 1 is 1.25 bits per heavy atom. The summed E-state index contributed by atoms with van der Waals surface area (Å²) in [5, 5.41) is 0. The van der Waals surface area contributed by atoms with Crippen LogP contribution in [0.1, 0.15) is 32.1 Å². The lowest BCUT2D eigenvalue weighted by Gasteiger charge is -1.92. The summed E-state index contributed by atoms with van der Waals surface area (Å²) < 4.78 is 0. The van der Waals surface area contributed by atoms with Crippen molar-refractivity contribution in [2.75, 3.05) is 0 Å². The number of hydrogen-bond donors (Lipinski definition) is 1. The molecule has 0 saturated carbocycles. The fraction of sp³-hybridized carbons (Fsp3) is 0.714. The zero-order chi connectivity index (χ0) is 5.82. The first-order valence-corrected chi connectivity index (χ1v) is 3.34. The van der Waals surface area contributed by atoms with Gasteiger partial charge < -0.3 is 5.73 Å². The molecule has 0 saturated heterocycles. The van der Waals surface area contributed by atoms with E-state index in [0.29, 0.717) is 0 Å². The second-order valence-electron chi connectivity index (χ2n) is 2.38. The summed E-state index contributed by atoms with van der Waals surface area (Å²) in [5.74, 6) is 0. The highest BCUT2D eigenvalue weighted by Crippen LogP contribution is 2.12. The van der Waals surface area contributed by atoms with Gasteiger partial charge in [-0.25, -0.2) is 0 Å². The molecule has 1 aliphatic rings.